The second kappa shape index (κ2) is 10.5. The Morgan fingerprint density at radius 3 is 2.69 bits per heavy atom. The molecule has 12 atom stereocenters. The lowest BCUT2D eigenvalue weighted by Gasteiger charge is -2.36. The Kier molecular flexibility index (Phi) is 7.94. The molecule has 4 rings (SSSR count). The molecule has 0 amide bonds. The van der Waals surface area contributed by atoms with Gasteiger partial charge < -0.3 is 30.2 Å². The van der Waals surface area contributed by atoms with E-state index in [-0.39, 0.29) is 30.3 Å². The van der Waals surface area contributed by atoms with E-state index in [0.29, 0.717) is 30.1 Å². The first kappa shape index (κ1) is 26.6. The van der Waals surface area contributed by atoms with Gasteiger partial charge in [-0.3, -0.25) is 4.79 Å². The molecule has 1 saturated carbocycles. The van der Waals surface area contributed by atoms with Crippen LogP contribution in [0.2, 0.25) is 0 Å². The summed E-state index contributed by atoms with van der Waals surface area (Å²) in [5.74, 6) is 0.691. The summed E-state index contributed by atoms with van der Waals surface area (Å²) in [6.07, 6.45) is 11.6. The minimum Gasteiger partial charge on any atom is -0.481 e. The van der Waals surface area contributed by atoms with Gasteiger partial charge in [0.15, 0.2) is 0 Å². The maximum Gasteiger partial charge on any atom is 0.305 e. The van der Waals surface area contributed by atoms with E-state index in [1.165, 1.54) is 5.57 Å². The highest BCUT2D eigenvalue weighted by Gasteiger charge is 2.60. The van der Waals surface area contributed by atoms with E-state index in [1.54, 1.807) is 0 Å². The Hall–Kier alpha value is -1.51. The van der Waals surface area contributed by atoms with E-state index in [4.69, 9.17) is 25.1 Å². The van der Waals surface area contributed by atoms with Crippen molar-refractivity contribution < 1.29 is 29.2 Å². The van der Waals surface area contributed by atoms with Gasteiger partial charge in [0.2, 0.25) is 0 Å². The van der Waals surface area contributed by atoms with Gasteiger partial charge in [-0.1, -0.05) is 51.2 Å². The predicted molar refractivity (Wildman–Crippen MR) is 134 cm³/mol. The first-order chi connectivity index (χ1) is 16.5. The van der Waals surface area contributed by atoms with Gasteiger partial charge in [0.25, 0.3) is 0 Å². The molecule has 3 heterocycles. The molecule has 35 heavy (non-hydrogen) atoms. The number of carbonyl (C=O) groups is 1. The Morgan fingerprint density at radius 1 is 1.29 bits per heavy atom. The van der Waals surface area contributed by atoms with Crippen molar-refractivity contribution >= 4 is 5.97 Å². The van der Waals surface area contributed by atoms with Gasteiger partial charge >= 0.3 is 5.97 Å². The molecular weight excluding hydrogens is 446 g/mol. The number of aliphatic hydroxyl groups is 1. The third-order valence-corrected chi connectivity index (χ3v) is 8.61. The van der Waals surface area contributed by atoms with Crippen molar-refractivity contribution in [2.24, 2.45) is 29.4 Å². The summed E-state index contributed by atoms with van der Waals surface area (Å²) in [5, 5.41) is 19.5. The van der Waals surface area contributed by atoms with E-state index in [1.807, 2.05) is 6.08 Å². The quantitative estimate of drug-likeness (QED) is 0.335. The van der Waals surface area contributed by atoms with Crippen molar-refractivity contribution in [2.75, 3.05) is 0 Å². The first-order valence-corrected chi connectivity index (χ1v) is 13.2. The number of rotatable bonds is 9. The van der Waals surface area contributed by atoms with Crippen LogP contribution in [0.15, 0.2) is 36.0 Å². The van der Waals surface area contributed by atoms with Crippen LogP contribution >= 0.6 is 0 Å². The summed E-state index contributed by atoms with van der Waals surface area (Å²) in [5.41, 5.74) is 7.12. The lowest BCUT2D eigenvalue weighted by molar-refractivity contribution is -0.147. The second-order valence-corrected chi connectivity index (χ2v) is 11.3. The van der Waals surface area contributed by atoms with Gasteiger partial charge in [-0.05, 0) is 56.4 Å². The van der Waals surface area contributed by atoms with Crippen molar-refractivity contribution in [2.45, 2.75) is 109 Å². The van der Waals surface area contributed by atoms with E-state index >= 15 is 0 Å². The fourth-order valence-electron chi connectivity index (χ4n) is 6.01. The number of carboxylic acid groups (broad SMARTS) is 1. The fourth-order valence-corrected chi connectivity index (χ4v) is 6.01. The van der Waals surface area contributed by atoms with E-state index in [0.717, 1.165) is 12.8 Å². The average molecular weight is 490 g/mol. The maximum absolute atomic E-state index is 11.0. The smallest absolute Gasteiger partial charge is 0.305 e. The number of allylic oxidation sites excluding steroid dienone is 2. The molecule has 0 bridgehead atoms. The van der Waals surface area contributed by atoms with Crippen LogP contribution in [0.3, 0.4) is 0 Å². The highest BCUT2D eigenvalue weighted by atomic mass is 16.6. The summed E-state index contributed by atoms with van der Waals surface area (Å²) in [6, 6.07) is -0.482. The summed E-state index contributed by atoms with van der Waals surface area (Å²) in [6.45, 7) is 10.9. The van der Waals surface area contributed by atoms with Crippen molar-refractivity contribution in [3.05, 3.63) is 36.0 Å². The lowest BCUT2D eigenvalue weighted by atomic mass is 9.88. The Labute approximate surface area is 209 Å². The second-order valence-electron chi connectivity index (χ2n) is 11.3. The van der Waals surface area contributed by atoms with E-state index < -0.39 is 30.3 Å². The van der Waals surface area contributed by atoms with Crippen LogP contribution in [0.25, 0.3) is 0 Å². The number of epoxide rings is 1. The third-order valence-electron chi connectivity index (χ3n) is 8.61. The number of hydrogen-bond donors (Lipinski definition) is 3. The molecule has 0 aromatic heterocycles. The first-order valence-electron chi connectivity index (χ1n) is 13.2. The zero-order valence-corrected chi connectivity index (χ0v) is 21.7. The number of carboxylic acids is 1. The molecular formula is C28H43NO6. The Morgan fingerprint density at radius 2 is 2.00 bits per heavy atom. The molecule has 0 aromatic carbocycles. The number of ether oxygens (including phenoxy) is 3. The van der Waals surface area contributed by atoms with Crippen molar-refractivity contribution in [1.82, 2.24) is 0 Å². The van der Waals surface area contributed by atoms with Gasteiger partial charge in [-0.25, -0.2) is 0 Å². The minimum absolute atomic E-state index is 0.100. The highest BCUT2D eigenvalue weighted by Crippen LogP contribution is 2.51. The normalized spacial score (nSPS) is 46.5. The summed E-state index contributed by atoms with van der Waals surface area (Å²) < 4.78 is 18.4. The van der Waals surface area contributed by atoms with Crippen molar-refractivity contribution in [3.63, 3.8) is 0 Å². The predicted octanol–water partition coefficient (Wildman–Crippen LogP) is 3.61. The van der Waals surface area contributed by atoms with Crippen LogP contribution < -0.4 is 5.73 Å². The Bertz CT molecular complexity index is 870. The van der Waals surface area contributed by atoms with E-state index in [9.17, 15) is 9.90 Å². The maximum atomic E-state index is 11.0. The van der Waals surface area contributed by atoms with Gasteiger partial charge in [0.1, 0.15) is 11.7 Å². The average Bonchev–Trinajstić information content (AvgIpc) is 3.68. The van der Waals surface area contributed by atoms with Gasteiger partial charge in [-0.2, -0.15) is 0 Å². The van der Waals surface area contributed by atoms with Crippen LogP contribution in [0.5, 0.6) is 0 Å². The van der Waals surface area contributed by atoms with Crippen LogP contribution in [0, 0.1) is 23.7 Å². The van der Waals surface area contributed by atoms with Crippen LogP contribution in [-0.4, -0.2) is 64.4 Å². The Balaban J connectivity index is 1.29. The molecule has 3 aliphatic heterocycles. The van der Waals surface area contributed by atoms with Crippen LogP contribution in [0.1, 0.15) is 60.3 Å². The fraction of sp³-hybridized carbons (Fsp3) is 0.750. The molecule has 4 aliphatic rings. The molecule has 1 aliphatic carbocycles. The number of aliphatic hydroxyl groups excluding tert-OH is 1. The van der Waals surface area contributed by atoms with Gasteiger partial charge in [0, 0.05) is 12.0 Å². The zero-order valence-electron chi connectivity index (χ0n) is 21.7. The highest BCUT2D eigenvalue weighted by molar-refractivity contribution is 5.67. The standard InChI is InChI=1S/C28H43NO6/c1-6-22-15(2)8-12-24(34-22)28(5)27(35-28)16(3)7-9-19-17(4)20(19)10-11-23-26(32)21(29)13-18(33-23)14-25(30)31/h7-11,16-24,26-27,32H,6,12-14,29H2,1-5H3,(H,30,31)/b9-7+,11-10+/t16-,17-,18+,19+,20+,21+,22-,23+,24-,26-,27?,28-/m1/s1. The molecule has 7 heteroatoms. The number of aliphatic carboxylic acids is 1. The molecule has 196 valence electrons. The monoisotopic (exact) mass is 489 g/mol. The van der Waals surface area contributed by atoms with Crippen LogP contribution in [-0.2, 0) is 19.0 Å². The summed E-state index contributed by atoms with van der Waals surface area (Å²) in [4.78, 5) is 11.0. The molecule has 7 nitrogen and oxygen atoms in total. The minimum atomic E-state index is -0.918. The number of nitrogens with two attached hydrogens (primary N) is 1. The molecule has 0 spiro atoms. The molecule has 3 fully saturated rings. The summed E-state index contributed by atoms with van der Waals surface area (Å²) >= 11 is 0. The molecule has 0 radical (unpaired) electrons. The van der Waals surface area contributed by atoms with E-state index in [2.05, 4.69) is 58.9 Å². The molecule has 4 N–H and O–H groups in total. The molecule has 1 unspecified atom stereocenters. The van der Waals surface area contributed by atoms with Crippen LogP contribution in [0.4, 0.5) is 0 Å². The SMILES string of the molecule is CC[C@H]1O[C@@H]([C@@]2(C)OC2[C@H](C)/C=C/[C@H]2[C@@H](C)[C@@H]2/C=C/[C@@H]2O[C@H](CC(=O)O)C[C@H](N)[C@H]2O)CC=C1C. The number of hydrogen-bond acceptors (Lipinski definition) is 6. The van der Waals surface area contributed by atoms with Gasteiger partial charge in [0.05, 0.1) is 36.9 Å². The van der Waals surface area contributed by atoms with Crippen molar-refractivity contribution in [1.29, 1.82) is 0 Å². The summed E-state index contributed by atoms with van der Waals surface area (Å²) in [7, 11) is 0. The molecule has 0 aromatic rings. The third kappa shape index (κ3) is 5.75. The lowest BCUT2D eigenvalue weighted by Crippen LogP contribution is -2.51. The van der Waals surface area contributed by atoms with Gasteiger partial charge in [-0.15, -0.1) is 0 Å². The largest absolute Gasteiger partial charge is 0.481 e. The zero-order chi connectivity index (χ0) is 25.5. The molecule has 2 saturated heterocycles. The topological polar surface area (TPSA) is 115 Å². The van der Waals surface area contributed by atoms with Crippen molar-refractivity contribution in [3.8, 4) is 0 Å².